The second kappa shape index (κ2) is 4.44. The van der Waals surface area contributed by atoms with Crippen LogP contribution in [0.5, 0.6) is 0 Å². The van der Waals surface area contributed by atoms with Gasteiger partial charge in [0, 0.05) is 23.9 Å². The van der Waals surface area contributed by atoms with Crippen molar-refractivity contribution in [3.63, 3.8) is 0 Å². The van der Waals surface area contributed by atoms with E-state index in [-0.39, 0.29) is 11.5 Å². The van der Waals surface area contributed by atoms with Gasteiger partial charge in [-0.1, -0.05) is 26.8 Å². The van der Waals surface area contributed by atoms with Gasteiger partial charge < -0.3 is 5.32 Å². The lowest BCUT2D eigenvalue weighted by Gasteiger charge is -2.13. The molecule has 2 aromatic heterocycles. The summed E-state index contributed by atoms with van der Waals surface area (Å²) in [7, 11) is 0. The van der Waals surface area contributed by atoms with Crippen molar-refractivity contribution in [2.45, 2.75) is 39.2 Å². The van der Waals surface area contributed by atoms with Crippen LogP contribution in [-0.4, -0.2) is 20.6 Å². The van der Waals surface area contributed by atoms with Crippen molar-refractivity contribution in [2.75, 3.05) is 5.32 Å². The van der Waals surface area contributed by atoms with Crippen molar-refractivity contribution in [1.82, 2.24) is 14.6 Å². The van der Waals surface area contributed by atoms with Gasteiger partial charge in [0.25, 0.3) is 0 Å². The van der Waals surface area contributed by atoms with E-state index in [0.29, 0.717) is 0 Å². The van der Waals surface area contributed by atoms with Crippen LogP contribution in [0.25, 0.3) is 5.52 Å². The van der Waals surface area contributed by atoms with Gasteiger partial charge in [-0.05, 0) is 13.0 Å². The maximum absolute atomic E-state index is 4.59. The molecule has 0 amide bonds. The van der Waals surface area contributed by atoms with Crippen LogP contribution in [0.1, 0.15) is 33.4 Å². The van der Waals surface area contributed by atoms with Gasteiger partial charge in [0.1, 0.15) is 5.52 Å². The highest BCUT2D eigenvalue weighted by molar-refractivity contribution is 5.68. The van der Waals surface area contributed by atoms with Crippen LogP contribution in [0.15, 0.2) is 31.1 Å². The fourth-order valence-electron chi connectivity index (χ4n) is 1.67. The number of nitrogens with zero attached hydrogens (tertiary/aromatic N) is 3. The molecule has 2 rings (SSSR count). The first kappa shape index (κ1) is 12.6. The standard InChI is InChI=1S/C14H20N4/c1-6-10(2)16-13-11-9-12(14(3,4)5)17-18(11)8-7-15-13/h6-10H,1H2,2-5H3,(H,15,16). The molecule has 0 saturated carbocycles. The second-order valence-corrected chi connectivity index (χ2v) is 5.55. The summed E-state index contributed by atoms with van der Waals surface area (Å²) in [4.78, 5) is 4.37. The molecule has 0 radical (unpaired) electrons. The first-order valence-corrected chi connectivity index (χ1v) is 6.16. The maximum atomic E-state index is 4.59. The van der Waals surface area contributed by atoms with E-state index in [2.05, 4.69) is 48.8 Å². The Kier molecular flexibility index (Phi) is 3.11. The molecule has 1 unspecified atom stereocenters. The van der Waals surface area contributed by atoms with Crippen LogP contribution in [0.3, 0.4) is 0 Å². The maximum Gasteiger partial charge on any atom is 0.152 e. The molecule has 1 N–H and O–H groups in total. The minimum atomic E-state index is 0.0351. The van der Waals surface area contributed by atoms with Crippen molar-refractivity contribution in [3.05, 3.63) is 36.8 Å². The molecule has 1 atom stereocenters. The first-order valence-electron chi connectivity index (χ1n) is 6.16. The van der Waals surface area contributed by atoms with Gasteiger partial charge in [-0.2, -0.15) is 5.10 Å². The van der Waals surface area contributed by atoms with Gasteiger partial charge in [0.15, 0.2) is 5.82 Å². The van der Waals surface area contributed by atoms with Crippen molar-refractivity contribution < 1.29 is 0 Å². The SMILES string of the molecule is C=CC(C)Nc1nccn2nc(C(C)(C)C)cc12. The Morgan fingerprint density at radius 3 is 2.78 bits per heavy atom. The number of anilines is 1. The highest BCUT2D eigenvalue weighted by Gasteiger charge is 2.19. The van der Waals surface area contributed by atoms with Crippen LogP contribution in [0.2, 0.25) is 0 Å². The average molecular weight is 244 g/mol. The fourth-order valence-corrected chi connectivity index (χ4v) is 1.67. The lowest BCUT2D eigenvalue weighted by molar-refractivity contribution is 0.562. The minimum Gasteiger partial charge on any atom is -0.362 e. The molecular formula is C14H20N4. The molecular weight excluding hydrogens is 224 g/mol. The molecule has 4 nitrogen and oxygen atoms in total. The molecule has 0 fully saturated rings. The third kappa shape index (κ3) is 2.37. The number of hydrogen-bond acceptors (Lipinski definition) is 3. The van der Waals surface area contributed by atoms with Crippen molar-refractivity contribution >= 4 is 11.3 Å². The number of fused-ring (bicyclic) bond motifs is 1. The fraction of sp³-hybridized carbons (Fsp3) is 0.429. The molecule has 96 valence electrons. The molecule has 0 spiro atoms. The second-order valence-electron chi connectivity index (χ2n) is 5.55. The van der Waals surface area contributed by atoms with E-state index in [1.807, 2.05) is 23.7 Å². The van der Waals surface area contributed by atoms with Crippen LogP contribution in [0.4, 0.5) is 5.82 Å². The van der Waals surface area contributed by atoms with E-state index in [9.17, 15) is 0 Å². The molecule has 0 aliphatic heterocycles. The number of rotatable bonds is 3. The van der Waals surface area contributed by atoms with E-state index in [1.54, 1.807) is 6.20 Å². The Hall–Kier alpha value is -1.84. The first-order chi connectivity index (χ1) is 8.41. The van der Waals surface area contributed by atoms with Gasteiger partial charge in [-0.3, -0.25) is 0 Å². The molecule has 0 saturated heterocycles. The predicted octanol–water partition coefficient (Wildman–Crippen LogP) is 3.01. The Balaban J connectivity index is 2.49. The van der Waals surface area contributed by atoms with Crippen LogP contribution in [0, 0.1) is 0 Å². The summed E-state index contributed by atoms with van der Waals surface area (Å²) in [5.41, 5.74) is 2.09. The molecule has 0 aromatic carbocycles. The van der Waals surface area contributed by atoms with Gasteiger partial charge in [-0.25, -0.2) is 9.50 Å². The molecule has 0 aliphatic carbocycles. The van der Waals surface area contributed by atoms with Crippen LogP contribution >= 0.6 is 0 Å². The van der Waals surface area contributed by atoms with E-state index in [1.165, 1.54) is 0 Å². The zero-order chi connectivity index (χ0) is 13.3. The lowest BCUT2D eigenvalue weighted by Crippen LogP contribution is -2.13. The van der Waals surface area contributed by atoms with Gasteiger partial charge in [-0.15, -0.1) is 6.58 Å². The van der Waals surface area contributed by atoms with E-state index in [4.69, 9.17) is 0 Å². The largest absolute Gasteiger partial charge is 0.362 e. The predicted molar refractivity (Wildman–Crippen MR) is 75.0 cm³/mol. The van der Waals surface area contributed by atoms with Gasteiger partial charge in [0.05, 0.1) is 5.69 Å². The topological polar surface area (TPSA) is 42.2 Å². The van der Waals surface area contributed by atoms with Gasteiger partial charge in [0.2, 0.25) is 0 Å². The molecule has 18 heavy (non-hydrogen) atoms. The van der Waals surface area contributed by atoms with Crippen molar-refractivity contribution in [3.8, 4) is 0 Å². The Morgan fingerprint density at radius 1 is 1.44 bits per heavy atom. The Bertz CT molecular complexity index is 563. The third-order valence-electron chi connectivity index (χ3n) is 2.88. The summed E-state index contributed by atoms with van der Waals surface area (Å²) in [5.74, 6) is 0.841. The minimum absolute atomic E-state index is 0.0351. The number of aromatic nitrogens is 3. The molecule has 0 bridgehead atoms. The quantitative estimate of drug-likeness (QED) is 0.844. The van der Waals surface area contributed by atoms with E-state index < -0.39 is 0 Å². The van der Waals surface area contributed by atoms with E-state index in [0.717, 1.165) is 17.0 Å². The van der Waals surface area contributed by atoms with Crippen LogP contribution in [-0.2, 0) is 5.41 Å². The average Bonchev–Trinajstić information content (AvgIpc) is 2.73. The monoisotopic (exact) mass is 244 g/mol. The highest BCUT2D eigenvalue weighted by atomic mass is 15.2. The summed E-state index contributed by atoms with van der Waals surface area (Å²) in [6.07, 6.45) is 5.48. The van der Waals surface area contributed by atoms with E-state index >= 15 is 0 Å². The summed E-state index contributed by atoms with van der Waals surface area (Å²) in [6.45, 7) is 12.3. The molecule has 4 heteroatoms. The molecule has 2 aromatic rings. The summed E-state index contributed by atoms with van der Waals surface area (Å²) in [6, 6.07) is 2.27. The Morgan fingerprint density at radius 2 is 2.17 bits per heavy atom. The Labute approximate surface area is 108 Å². The zero-order valence-corrected chi connectivity index (χ0v) is 11.4. The lowest BCUT2D eigenvalue weighted by atomic mass is 9.92. The smallest absolute Gasteiger partial charge is 0.152 e. The van der Waals surface area contributed by atoms with Crippen molar-refractivity contribution in [1.29, 1.82) is 0 Å². The summed E-state index contributed by atoms with van der Waals surface area (Å²) >= 11 is 0. The molecule has 0 aliphatic rings. The van der Waals surface area contributed by atoms with Crippen LogP contribution < -0.4 is 5.32 Å². The van der Waals surface area contributed by atoms with Gasteiger partial charge >= 0.3 is 0 Å². The summed E-state index contributed by atoms with van der Waals surface area (Å²) < 4.78 is 1.87. The summed E-state index contributed by atoms with van der Waals surface area (Å²) in [5, 5.41) is 7.90. The third-order valence-corrected chi connectivity index (χ3v) is 2.88. The number of hydrogen-bond donors (Lipinski definition) is 1. The highest BCUT2D eigenvalue weighted by Crippen LogP contribution is 2.24. The van der Waals surface area contributed by atoms with Crippen molar-refractivity contribution in [2.24, 2.45) is 0 Å². The number of nitrogens with one attached hydrogen (secondary N) is 1. The molecule has 2 heterocycles. The zero-order valence-electron chi connectivity index (χ0n) is 11.4. The normalized spacial score (nSPS) is 13.6.